The van der Waals surface area contributed by atoms with Crippen molar-refractivity contribution in [2.45, 2.75) is 50.8 Å². The van der Waals surface area contributed by atoms with Gasteiger partial charge in [0.05, 0.1) is 11.3 Å². The molecule has 7 heteroatoms. The number of sulfonamides is 1. The minimum absolute atomic E-state index is 0.154. The van der Waals surface area contributed by atoms with Crippen LogP contribution in [-0.4, -0.2) is 43.4 Å². The Labute approximate surface area is 173 Å². The van der Waals surface area contributed by atoms with Crippen LogP contribution in [0, 0.1) is 13.8 Å². The van der Waals surface area contributed by atoms with Crippen LogP contribution in [-0.2, 0) is 23.5 Å². The van der Waals surface area contributed by atoms with Crippen molar-refractivity contribution >= 4 is 21.6 Å². The molecule has 0 atom stereocenters. The van der Waals surface area contributed by atoms with Crippen molar-refractivity contribution in [1.29, 1.82) is 0 Å². The van der Waals surface area contributed by atoms with Crippen molar-refractivity contribution in [3.8, 4) is 0 Å². The van der Waals surface area contributed by atoms with E-state index in [2.05, 4.69) is 0 Å². The van der Waals surface area contributed by atoms with Crippen LogP contribution in [0.3, 0.4) is 0 Å². The van der Waals surface area contributed by atoms with Crippen LogP contribution in [0.4, 0.5) is 5.69 Å². The van der Waals surface area contributed by atoms with E-state index in [-0.39, 0.29) is 10.8 Å². The van der Waals surface area contributed by atoms with E-state index >= 15 is 0 Å². The minimum Gasteiger partial charge on any atom is -0.350 e. The van der Waals surface area contributed by atoms with Crippen molar-refractivity contribution in [2.75, 3.05) is 23.9 Å². The fraction of sp³-hybridized carbons (Fsp3) is 0.500. The average molecular weight is 416 g/mol. The van der Waals surface area contributed by atoms with Crippen LogP contribution in [0.25, 0.3) is 0 Å². The monoisotopic (exact) mass is 415 g/mol. The zero-order valence-electron chi connectivity index (χ0n) is 17.4. The highest BCUT2D eigenvalue weighted by Crippen LogP contribution is 2.37. The maximum atomic E-state index is 13.8. The molecule has 0 aliphatic carbocycles. The van der Waals surface area contributed by atoms with Crippen LogP contribution < -0.4 is 4.31 Å². The Morgan fingerprint density at radius 3 is 2.28 bits per heavy atom. The van der Waals surface area contributed by atoms with Gasteiger partial charge in [-0.2, -0.15) is 0 Å². The minimum atomic E-state index is -3.84. The van der Waals surface area contributed by atoms with Crippen molar-refractivity contribution in [3.05, 3.63) is 46.8 Å². The van der Waals surface area contributed by atoms with Crippen molar-refractivity contribution < 1.29 is 13.2 Å². The molecule has 0 N–H and O–H groups in total. The van der Waals surface area contributed by atoms with Gasteiger partial charge in [-0.1, -0.05) is 31.0 Å². The predicted molar refractivity (Wildman–Crippen MR) is 114 cm³/mol. The SMILES string of the molecule is Cc1c(C(=O)N2CCCCCC2)c(S(=O)(=O)N2CCc3ccccc32)c(C)n1C. The first-order chi connectivity index (χ1) is 13.8. The van der Waals surface area contributed by atoms with E-state index < -0.39 is 10.0 Å². The quantitative estimate of drug-likeness (QED) is 0.772. The van der Waals surface area contributed by atoms with Crippen LogP contribution in [0.2, 0.25) is 0 Å². The third kappa shape index (κ3) is 3.25. The zero-order valence-corrected chi connectivity index (χ0v) is 18.3. The standard InChI is InChI=1S/C22H29N3O3S/c1-16-20(22(26)24-13-8-4-5-9-14-24)21(17(2)23(16)3)29(27,28)25-15-12-18-10-6-7-11-19(18)25/h6-7,10-11H,4-5,8-9,12-15H2,1-3H3. The summed E-state index contributed by atoms with van der Waals surface area (Å²) in [5.74, 6) is -0.154. The number of benzene rings is 1. The van der Waals surface area contributed by atoms with E-state index in [1.807, 2.05) is 47.7 Å². The van der Waals surface area contributed by atoms with E-state index in [0.29, 0.717) is 43.0 Å². The van der Waals surface area contributed by atoms with Crippen LogP contribution in [0.1, 0.15) is 53.0 Å². The number of carbonyl (C=O) groups excluding carboxylic acids is 1. The summed E-state index contributed by atoms with van der Waals surface area (Å²) in [6.07, 6.45) is 4.87. The highest BCUT2D eigenvalue weighted by molar-refractivity contribution is 7.93. The number of rotatable bonds is 3. The molecule has 4 rings (SSSR count). The van der Waals surface area contributed by atoms with E-state index in [1.165, 1.54) is 4.31 Å². The van der Waals surface area contributed by atoms with Gasteiger partial charge in [-0.3, -0.25) is 9.10 Å². The molecule has 3 heterocycles. The number of likely N-dealkylation sites (tertiary alicyclic amines) is 1. The van der Waals surface area contributed by atoms with Crippen LogP contribution in [0.5, 0.6) is 0 Å². The third-order valence-corrected chi connectivity index (χ3v) is 8.40. The summed E-state index contributed by atoms with van der Waals surface area (Å²) in [5.41, 5.74) is 3.42. The van der Waals surface area contributed by atoms with Gasteiger partial charge in [-0.25, -0.2) is 8.42 Å². The summed E-state index contributed by atoms with van der Waals surface area (Å²) in [4.78, 5) is 15.5. The zero-order chi connectivity index (χ0) is 20.8. The first-order valence-electron chi connectivity index (χ1n) is 10.4. The Morgan fingerprint density at radius 1 is 0.931 bits per heavy atom. The van der Waals surface area contributed by atoms with Gasteiger partial charge in [0.25, 0.3) is 15.9 Å². The number of hydrogen-bond acceptors (Lipinski definition) is 3. The topological polar surface area (TPSA) is 62.6 Å². The number of fused-ring (bicyclic) bond motifs is 1. The summed E-state index contributed by atoms with van der Waals surface area (Å²) in [6, 6.07) is 7.61. The molecule has 1 saturated heterocycles. The number of anilines is 1. The lowest BCUT2D eigenvalue weighted by Gasteiger charge is -2.23. The smallest absolute Gasteiger partial charge is 0.266 e. The van der Waals surface area contributed by atoms with Gasteiger partial charge in [0.1, 0.15) is 4.90 Å². The summed E-state index contributed by atoms with van der Waals surface area (Å²) in [5, 5.41) is 0. The maximum Gasteiger partial charge on any atom is 0.266 e. The molecule has 2 aliphatic heterocycles. The molecule has 1 aromatic carbocycles. The number of nitrogens with zero attached hydrogens (tertiary/aromatic N) is 3. The molecular formula is C22H29N3O3S. The largest absolute Gasteiger partial charge is 0.350 e. The van der Waals surface area contributed by atoms with Gasteiger partial charge in [-0.05, 0) is 44.7 Å². The Morgan fingerprint density at radius 2 is 1.59 bits per heavy atom. The van der Waals surface area contributed by atoms with Crippen LogP contribution >= 0.6 is 0 Å². The predicted octanol–water partition coefficient (Wildman–Crippen LogP) is 3.41. The number of amides is 1. The van der Waals surface area contributed by atoms with Gasteiger partial charge in [0.15, 0.2) is 0 Å². The summed E-state index contributed by atoms with van der Waals surface area (Å²) >= 11 is 0. The van der Waals surface area contributed by atoms with Crippen molar-refractivity contribution in [3.63, 3.8) is 0 Å². The second-order valence-electron chi connectivity index (χ2n) is 8.10. The molecule has 156 valence electrons. The molecule has 2 aliphatic rings. The van der Waals surface area contributed by atoms with Gasteiger partial charge >= 0.3 is 0 Å². The van der Waals surface area contributed by atoms with Gasteiger partial charge in [0, 0.05) is 38.1 Å². The van der Waals surface area contributed by atoms with Gasteiger partial charge in [0.2, 0.25) is 0 Å². The molecule has 2 aromatic rings. The number of aromatic nitrogens is 1. The summed E-state index contributed by atoms with van der Waals surface area (Å²) < 4.78 is 30.9. The molecular weight excluding hydrogens is 386 g/mol. The van der Waals surface area contributed by atoms with Gasteiger partial charge in [-0.15, -0.1) is 0 Å². The maximum absolute atomic E-state index is 13.8. The molecule has 0 unspecified atom stereocenters. The molecule has 1 fully saturated rings. The van der Waals surface area contributed by atoms with E-state index in [0.717, 1.165) is 36.9 Å². The Kier molecular flexibility index (Phi) is 5.19. The van der Waals surface area contributed by atoms with Crippen molar-refractivity contribution in [2.24, 2.45) is 7.05 Å². The molecule has 0 radical (unpaired) electrons. The first kappa shape index (κ1) is 20.0. The fourth-order valence-electron chi connectivity index (χ4n) is 4.58. The highest BCUT2D eigenvalue weighted by atomic mass is 32.2. The number of carbonyl (C=O) groups is 1. The lowest BCUT2D eigenvalue weighted by atomic mass is 10.2. The van der Waals surface area contributed by atoms with Gasteiger partial charge < -0.3 is 9.47 Å². The molecule has 29 heavy (non-hydrogen) atoms. The second-order valence-corrected chi connectivity index (χ2v) is 9.90. The number of para-hydroxylation sites is 1. The van der Waals surface area contributed by atoms with Crippen molar-refractivity contribution in [1.82, 2.24) is 9.47 Å². The molecule has 1 amide bonds. The first-order valence-corrected chi connectivity index (χ1v) is 11.8. The van der Waals surface area contributed by atoms with E-state index in [9.17, 15) is 13.2 Å². The third-order valence-electron chi connectivity index (χ3n) is 6.42. The molecule has 0 spiro atoms. The average Bonchev–Trinajstić information content (AvgIpc) is 3.09. The normalized spacial score (nSPS) is 17.3. The highest BCUT2D eigenvalue weighted by Gasteiger charge is 2.38. The van der Waals surface area contributed by atoms with Crippen LogP contribution in [0.15, 0.2) is 29.2 Å². The lowest BCUT2D eigenvalue weighted by Crippen LogP contribution is -2.35. The fourth-order valence-corrected chi connectivity index (χ4v) is 6.58. The molecule has 0 saturated carbocycles. The second kappa shape index (κ2) is 7.52. The Bertz CT molecular complexity index is 1050. The summed E-state index contributed by atoms with van der Waals surface area (Å²) in [7, 11) is -2.01. The lowest BCUT2D eigenvalue weighted by molar-refractivity contribution is 0.0757. The number of hydrogen-bond donors (Lipinski definition) is 0. The molecule has 1 aromatic heterocycles. The van der Waals surface area contributed by atoms with E-state index in [1.54, 1.807) is 6.92 Å². The molecule has 0 bridgehead atoms. The molecule has 6 nitrogen and oxygen atoms in total. The Hall–Kier alpha value is -2.28. The van der Waals surface area contributed by atoms with E-state index in [4.69, 9.17) is 0 Å². The summed E-state index contributed by atoms with van der Waals surface area (Å²) in [6.45, 7) is 5.43. The Balaban J connectivity index is 1.82.